The number of anilines is 2. The van der Waals surface area contributed by atoms with Crippen molar-refractivity contribution in [1.82, 2.24) is 61.0 Å². The lowest BCUT2D eigenvalue weighted by molar-refractivity contribution is -0.124. The molecule has 0 spiro atoms. The van der Waals surface area contributed by atoms with Gasteiger partial charge >= 0.3 is 0 Å². The molecule has 0 saturated heterocycles. The summed E-state index contributed by atoms with van der Waals surface area (Å²) in [7, 11) is 3.56. The maximum absolute atomic E-state index is 12.2. The first-order valence-corrected chi connectivity index (χ1v) is 30.8. The Hall–Kier alpha value is -7.14. The quantitative estimate of drug-likeness (QED) is 0.0168. The second kappa shape index (κ2) is 41.1. The summed E-state index contributed by atoms with van der Waals surface area (Å²) in [6.07, 6.45) is 14.2. The van der Waals surface area contributed by atoms with E-state index >= 15 is 0 Å². The number of rotatable bonds is 41. The largest absolute Gasteiger partial charge is 0.382 e. The number of imidazole rings is 2. The predicted molar refractivity (Wildman–Crippen MR) is 350 cm³/mol. The van der Waals surface area contributed by atoms with Crippen LogP contribution in [0.2, 0.25) is 0 Å². The Bertz CT molecular complexity index is 3070. The normalized spacial score (nSPS) is 11.8. The number of fused-ring (bicyclic) bond motifs is 6. The van der Waals surface area contributed by atoms with Crippen molar-refractivity contribution in [3.8, 4) is 0 Å². The molecule has 87 heavy (non-hydrogen) atoms. The fraction of sp³-hybridized carbons (Fsp3) is 0.600. The van der Waals surface area contributed by atoms with Gasteiger partial charge in [-0.1, -0.05) is 71.5 Å². The van der Waals surface area contributed by atoms with Crippen molar-refractivity contribution in [3.05, 3.63) is 60.2 Å². The van der Waals surface area contributed by atoms with Crippen LogP contribution in [0.1, 0.15) is 163 Å². The summed E-state index contributed by atoms with van der Waals surface area (Å²) in [6.45, 7) is 12.5. The van der Waals surface area contributed by atoms with E-state index in [2.05, 4.69) is 77.0 Å². The lowest BCUT2D eigenvalue weighted by atomic mass is 10.1. The summed E-state index contributed by atoms with van der Waals surface area (Å²) in [5, 5.41) is 19.8. The second-order valence-corrected chi connectivity index (χ2v) is 21.6. The summed E-state index contributed by atoms with van der Waals surface area (Å²) in [5.41, 5.74) is 17.9. The Labute approximate surface area is 516 Å². The number of nitrogens with two attached hydrogens (primary N) is 2. The first-order valence-electron chi connectivity index (χ1n) is 30.8. The molecule has 2 aromatic carbocycles. The molecular formula is C65H104N14O8. The van der Waals surface area contributed by atoms with E-state index in [1.807, 2.05) is 36.4 Å². The molecular weight excluding hydrogens is 1100 g/mol. The van der Waals surface area contributed by atoms with E-state index in [0.29, 0.717) is 37.8 Å². The van der Waals surface area contributed by atoms with Crippen LogP contribution in [0.15, 0.2) is 48.5 Å². The Morgan fingerprint density at radius 2 is 0.839 bits per heavy atom. The number of benzene rings is 2. The van der Waals surface area contributed by atoms with Crippen LogP contribution in [0.3, 0.4) is 0 Å². The highest BCUT2D eigenvalue weighted by Crippen LogP contribution is 2.31. The molecule has 0 aliphatic carbocycles. The number of ether oxygens (including phenoxy) is 2. The number of ketones is 2. The van der Waals surface area contributed by atoms with Crippen LogP contribution in [0, 0.1) is 0 Å². The van der Waals surface area contributed by atoms with Gasteiger partial charge in [0.15, 0.2) is 11.6 Å². The molecule has 6 rings (SSSR count). The molecule has 0 fully saturated rings. The van der Waals surface area contributed by atoms with Crippen LogP contribution in [0.4, 0.5) is 11.6 Å². The van der Waals surface area contributed by atoms with Crippen molar-refractivity contribution >= 4 is 90.7 Å². The Balaban J connectivity index is 0.000000445. The molecule has 2 atom stereocenters. The summed E-state index contributed by atoms with van der Waals surface area (Å²) in [6, 6.07) is 15.8. The highest BCUT2D eigenvalue weighted by molar-refractivity contribution is 6.07. The van der Waals surface area contributed by atoms with Gasteiger partial charge in [0.1, 0.15) is 34.2 Å². The first kappa shape index (κ1) is 74.1. The molecule has 0 saturated carbocycles. The molecule has 4 heterocycles. The molecule has 10 N–H and O–H groups in total. The number of amides is 4. The number of para-hydroxylation sites is 2. The van der Waals surface area contributed by atoms with E-state index in [4.69, 9.17) is 30.9 Å². The topological polar surface area (TPSA) is 307 Å². The van der Waals surface area contributed by atoms with E-state index in [0.717, 1.165) is 165 Å². The van der Waals surface area contributed by atoms with Crippen LogP contribution in [-0.4, -0.2) is 143 Å². The van der Waals surface area contributed by atoms with Gasteiger partial charge in [0, 0.05) is 88.6 Å². The van der Waals surface area contributed by atoms with E-state index in [9.17, 15) is 28.8 Å². The molecule has 22 nitrogen and oxygen atoms in total. The molecule has 4 aromatic heterocycles. The van der Waals surface area contributed by atoms with E-state index in [1.165, 1.54) is 0 Å². The number of pyridine rings is 2. The van der Waals surface area contributed by atoms with Gasteiger partial charge in [-0.25, -0.2) is 19.9 Å². The van der Waals surface area contributed by atoms with Gasteiger partial charge < -0.3 is 62.0 Å². The molecule has 482 valence electrons. The Kier molecular flexibility index (Phi) is 35.0. The van der Waals surface area contributed by atoms with Crippen LogP contribution >= 0.6 is 0 Å². The predicted octanol–water partition coefficient (Wildman–Crippen LogP) is 8.21. The minimum absolute atomic E-state index is 0. The van der Waals surface area contributed by atoms with Gasteiger partial charge in [0.2, 0.25) is 23.6 Å². The third-order valence-electron chi connectivity index (χ3n) is 14.9. The van der Waals surface area contributed by atoms with Crippen LogP contribution in [0.25, 0.3) is 43.9 Å². The molecule has 4 amide bonds. The van der Waals surface area contributed by atoms with Crippen molar-refractivity contribution in [1.29, 1.82) is 0 Å². The van der Waals surface area contributed by atoms with E-state index < -0.39 is 0 Å². The highest BCUT2D eigenvalue weighted by Gasteiger charge is 2.19. The van der Waals surface area contributed by atoms with Crippen LogP contribution in [0.5, 0.6) is 0 Å². The van der Waals surface area contributed by atoms with Crippen LogP contribution in [-0.2, 0) is 64.2 Å². The number of carbonyl (C=O) groups excluding carboxylic acids is 6. The number of Topliss-reactive ketones (excluding diaryl/α,β-unsaturated/α-hetero) is 2. The molecule has 22 heteroatoms. The SMILES string of the molecule is C.C.CCCCc1nc2c(N)nc3ccccc3c2n1CCCCNC(=O)CCOCCC(=O)NCCCCC(NC)C(C)=O.CCCc1nc2c(N)nc3ccccc3c2n1CCCCNC(=O)CCOCCC(=O)NCCCCC(NC)C(C)=O. The number of nitrogens with one attached hydrogen (secondary N) is 6. The van der Waals surface area contributed by atoms with E-state index in [1.54, 1.807) is 27.9 Å². The minimum atomic E-state index is -0.118. The van der Waals surface area contributed by atoms with Crippen molar-refractivity contribution in [3.63, 3.8) is 0 Å². The van der Waals surface area contributed by atoms with Gasteiger partial charge in [-0.05, 0) is 117 Å². The first-order chi connectivity index (χ1) is 41.2. The number of unbranched alkanes of at least 4 members (excludes halogenated alkanes) is 5. The van der Waals surface area contributed by atoms with Crippen molar-refractivity contribution in [2.45, 2.75) is 190 Å². The number of hydrogen-bond donors (Lipinski definition) is 8. The number of hydrogen-bond acceptors (Lipinski definition) is 16. The number of carbonyl (C=O) groups is 6. The average molecular weight is 1210 g/mol. The zero-order valence-electron chi connectivity index (χ0n) is 51.4. The molecule has 0 aliphatic rings. The van der Waals surface area contributed by atoms with Gasteiger partial charge in [0.25, 0.3) is 0 Å². The van der Waals surface area contributed by atoms with Gasteiger partial charge in [0.05, 0.1) is 60.6 Å². The third kappa shape index (κ3) is 24.5. The monoisotopic (exact) mass is 1210 g/mol. The average Bonchev–Trinajstić information content (AvgIpc) is 1.67. The molecule has 2 unspecified atom stereocenters. The zero-order valence-corrected chi connectivity index (χ0v) is 51.4. The summed E-state index contributed by atoms with van der Waals surface area (Å²) < 4.78 is 15.5. The van der Waals surface area contributed by atoms with Gasteiger partial charge in [-0.3, -0.25) is 28.8 Å². The number of aromatic nitrogens is 6. The number of aryl methyl sites for hydroxylation is 4. The molecule has 6 aromatic rings. The second-order valence-electron chi connectivity index (χ2n) is 21.6. The maximum atomic E-state index is 12.2. The number of likely N-dealkylation sites (N-methyl/N-ethyl adjacent to an activating group) is 2. The standard InChI is InChI=1S/C32H49N7O4.C31H47N7O4.2CH4/c1-4-5-15-27-38-30-31(24-12-6-7-14-26(24)37-32(30)33)39(27)20-11-10-19-36-29(42)17-22-43-21-16-28(41)35-18-9-8-13-25(34-3)23(2)40;1-4-11-26-37-29-30(23-12-5-6-14-25(23)36-31(29)32)38(26)19-10-9-18-35-28(41)16-21-42-20-15-27(40)34-17-8-7-13-24(33-3)22(2)39;;/h6-7,12,14,25,34H,4-5,8-11,13,15-22H2,1-3H3,(H2,33,37)(H,35,41)(H,36,42);5-6,12,14,24,33H,4,7-11,13,15-21H2,1-3H3,(H2,32,36)(H,34,40)(H,35,41);2*1H4. The molecule has 0 aliphatic heterocycles. The zero-order chi connectivity index (χ0) is 61.3. The summed E-state index contributed by atoms with van der Waals surface area (Å²) >= 11 is 0. The van der Waals surface area contributed by atoms with Crippen molar-refractivity contribution in [2.24, 2.45) is 0 Å². The summed E-state index contributed by atoms with van der Waals surface area (Å²) in [5.74, 6) is 2.95. The number of nitrogen functional groups attached to an aromatic ring is 2. The fourth-order valence-corrected chi connectivity index (χ4v) is 10.2. The van der Waals surface area contributed by atoms with Crippen LogP contribution < -0.4 is 43.4 Å². The molecule has 0 radical (unpaired) electrons. The summed E-state index contributed by atoms with van der Waals surface area (Å²) in [4.78, 5) is 90.0. The third-order valence-corrected chi connectivity index (χ3v) is 14.9. The van der Waals surface area contributed by atoms with Crippen molar-refractivity contribution in [2.75, 3.05) is 78.2 Å². The molecule has 0 bridgehead atoms. The fourth-order valence-electron chi connectivity index (χ4n) is 10.2. The van der Waals surface area contributed by atoms with E-state index in [-0.39, 0.29) is 114 Å². The smallest absolute Gasteiger partial charge is 0.222 e. The maximum Gasteiger partial charge on any atom is 0.222 e. The van der Waals surface area contributed by atoms with Crippen molar-refractivity contribution < 1.29 is 38.2 Å². The Morgan fingerprint density at radius 3 is 1.18 bits per heavy atom. The lowest BCUT2D eigenvalue weighted by Crippen LogP contribution is -2.32. The minimum Gasteiger partial charge on any atom is -0.382 e. The van der Waals surface area contributed by atoms with Gasteiger partial charge in [-0.2, -0.15) is 0 Å². The number of nitrogens with zero attached hydrogens (tertiary/aromatic N) is 6. The Morgan fingerprint density at radius 1 is 0.483 bits per heavy atom. The lowest BCUT2D eigenvalue weighted by Gasteiger charge is -2.12. The van der Waals surface area contributed by atoms with Gasteiger partial charge in [-0.15, -0.1) is 0 Å². The highest BCUT2D eigenvalue weighted by atomic mass is 16.5.